The Labute approximate surface area is 72.8 Å². The van der Waals surface area contributed by atoms with Gasteiger partial charge in [-0.3, -0.25) is 0 Å². The zero-order valence-corrected chi connectivity index (χ0v) is 8.89. The molecule has 2 unspecified atom stereocenters. The molecule has 0 aliphatic carbocycles. The van der Waals surface area contributed by atoms with Gasteiger partial charge in [0.2, 0.25) is 0 Å². The van der Waals surface area contributed by atoms with E-state index in [1.807, 2.05) is 0 Å². The van der Waals surface area contributed by atoms with E-state index in [2.05, 4.69) is 28.8 Å². The lowest BCUT2D eigenvalue weighted by atomic mass is 10.0. The van der Waals surface area contributed by atoms with Gasteiger partial charge in [0, 0.05) is 0 Å². The minimum absolute atomic E-state index is 0.914. The molecule has 0 aliphatic rings. The maximum atomic E-state index is 4.17. The maximum absolute atomic E-state index is 4.17. The second-order valence-corrected chi connectivity index (χ2v) is 3.93. The first kappa shape index (κ1) is 10.8. The van der Waals surface area contributed by atoms with Crippen molar-refractivity contribution >= 4 is 21.9 Å². The number of unbranched alkanes of at least 4 members (excludes halogenated alkanes) is 1. The first-order valence-electron chi connectivity index (χ1n) is 4.12. The Morgan fingerprint density at radius 3 is 2.50 bits per heavy atom. The van der Waals surface area contributed by atoms with E-state index in [1.165, 1.54) is 31.8 Å². The van der Waals surface area contributed by atoms with Gasteiger partial charge in [0.1, 0.15) is 0 Å². The van der Waals surface area contributed by atoms with Gasteiger partial charge >= 0.3 is 0 Å². The lowest BCUT2D eigenvalue weighted by molar-refractivity contribution is 0.496. The largest absolute Gasteiger partial charge is 0.179 e. The highest BCUT2D eigenvalue weighted by atomic mass is 32.1. The first-order chi connectivity index (χ1) is 4.81. The van der Waals surface area contributed by atoms with Crippen molar-refractivity contribution in [2.75, 3.05) is 11.9 Å². The molecule has 0 rings (SSSR count). The molecule has 0 saturated heterocycles. The summed E-state index contributed by atoms with van der Waals surface area (Å²) < 4.78 is 0. The molecule has 2 atom stereocenters. The van der Waals surface area contributed by atoms with Crippen LogP contribution in [0.4, 0.5) is 0 Å². The van der Waals surface area contributed by atoms with E-state index in [1.54, 1.807) is 0 Å². The van der Waals surface area contributed by atoms with Crippen LogP contribution in [0.1, 0.15) is 32.6 Å². The van der Waals surface area contributed by atoms with Crippen LogP contribution in [0.5, 0.6) is 0 Å². The molecule has 0 aromatic heterocycles. The molecule has 0 fully saturated rings. The van der Waals surface area contributed by atoms with Gasteiger partial charge in [-0.2, -0.15) is 12.6 Å². The second-order valence-electron chi connectivity index (χ2n) is 2.90. The first-order valence-corrected chi connectivity index (χ1v) is 5.57. The Bertz CT molecular complexity index is 66.3. The van der Waals surface area contributed by atoms with Crippen LogP contribution < -0.4 is 0 Å². The molecule has 0 saturated carbocycles. The number of hydrogen-bond donors (Lipinski definition) is 1. The molecule has 0 radical (unpaired) electrons. The van der Waals surface area contributed by atoms with E-state index in [4.69, 9.17) is 0 Å². The molecule has 0 nitrogen and oxygen atoms in total. The third-order valence-electron chi connectivity index (χ3n) is 1.76. The van der Waals surface area contributed by atoms with E-state index in [9.17, 15) is 0 Å². The van der Waals surface area contributed by atoms with E-state index in [0.29, 0.717) is 0 Å². The van der Waals surface area contributed by atoms with Crippen LogP contribution in [-0.4, -0.2) is 11.9 Å². The molecule has 2 heteroatoms. The maximum Gasteiger partial charge on any atom is -0.00979 e. The molecule has 0 bridgehead atoms. The molecule has 0 amide bonds. The average molecular weight is 178 g/mol. The fourth-order valence-electron chi connectivity index (χ4n) is 1.03. The Hall–Kier alpha value is 0.780. The molecule has 0 spiro atoms. The van der Waals surface area contributed by atoms with Crippen molar-refractivity contribution in [1.82, 2.24) is 0 Å². The van der Waals surface area contributed by atoms with Crippen LogP contribution in [0.25, 0.3) is 0 Å². The number of hydrogen-bond acceptors (Lipinski definition) is 1. The topological polar surface area (TPSA) is 0 Å². The Morgan fingerprint density at radius 2 is 2.00 bits per heavy atom. The number of rotatable bonds is 6. The second kappa shape index (κ2) is 7.88. The molecule has 0 heterocycles. The van der Waals surface area contributed by atoms with Crippen molar-refractivity contribution < 1.29 is 0 Å². The summed E-state index contributed by atoms with van der Waals surface area (Å²) in [4.78, 5) is 0. The van der Waals surface area contributed by atoms with E-state index in [-0.39, 0.29) is 0 Å². The molecule has 0 aromatic carbocycles. The average Bonchev–Trinajstić information content (AvgIpc) is 1.89. The predicted molar refractivity (Wildman–Crippen MR) is 56.1 cm³/mol. The quantitative estimate of drug-likeness (QED) is 0.361. The van der Waals surface area contributed by atoms with Crippen LogP contribution in [-0.2, 0) is 0 Å². The fourth-order valence-corrected chi connectivity index (χ4v) is 1.83. The van der Waals surface area contributed by atoms with Crippen molar-refractivity contribution in [3.63, 3.8) is 0 Å². The van der Waals surface area contributed by atoms with E-state index >= 15 is 0 Å². The van der Waals surface area contributed by atoms with Crippen molar-refractivity contribution in [2.24, 2.45) is 5.92 Å². The van der Waals surface area contributed by atoms with Crippen LogP contribution >= 0.6 is 21.9 Å². The van der Waals surface area contributed by atoms with Gasteiger partial charge in [-0.15, -0.1) is 9.24 Å². The van der Waals surface area contributed by atoms with Gasteiger partial charge in [-0.25, -0.2) is 0 Å². The summed E-state index contributed by atoms with van der Waals surface area (Å²) in [6, 6.07) is 0. The van der Waals surface area contributed by atoms with Crippen LogP contribution in [0, 0.1) is 5.92 Å². The minimum atomic E-state index is 0.914. The SMILES string of the molecule is CC(CCP)CCCCS. The molecule has 62 valence electrons. The summed E-state index contributed by atoms with van der Waals surface area (Å²) in [6.07, 6.45) is 6.63. The normalized spacial score (nSPS) is 13.5. The Balaban J connectivity index is 2.97. The molecule has 0 N–H and O–H groups in total. The van der Waals surface area contributed by atoms with Crippen molar-refractivity contribution in [3.8, 4) is 0 Å². The molecular formula is C8H19PS. The van der Waals surface area contributed by atoms with Gasteiger partial charge in [-0.05, 0) is 30.7 Å². The standard InChI is InChI=1S/C8H19PS/c1-8(5-6-9)4-2-3-7-10/h8,10H,2-7,9H2,1H3. The molecule has 10 heavy (non-hydrogen) atoms. The van der Waals surface area contributed by atoms with Crippen molar-refractivity contribution in [2.45, 2.75) is 32.6 Å². The molecular weight excluding hydrogens is 159 g/mol. The summed E-state index contributed by atoms with van der Waals surface area (Å²) >= 11 is 4.17. The summed E-state index contributed by atoms with van der Waals surface area (Å²) in [6.45, 7) is 2.34. The highest BCUT2D eigenvalue weighted by molar-refractivity contribution is 7.80. The van der Waals surface area contributed by atoms with Crippen LogP contribution in [0.2, 0.25) is 0 Å². The summed E-state index contributed by atoms with van der Waals surface area (Å²) in [5, 5.41) is 0. The molecule has 0 aromatic rings. The van der Waals surface area contributed by atoms with E-state index < -0.39 is 0 Å². The van der Waals surface area contributed by atoms with Gasteiger partial charge in [0.05, 0.1) is 0 Å². The fraction of sp³-hybridized carbons (Fsp3) is 1.00. The zero-order valence-electron chi connectivity index (χ0n) is 6.84. The summed E-state index contributed by atoms with van der Waals surface area (Å²) in [5.41, 5.74) is 0. The summed E-state index contributed by atoms with van der Waals surface area (Å²) in [5.74, 6) is 1.96. The van der Waals surface area contributed by atoms with Gasteiger partial charge < -0.3 is 0 Å². The highest BCUT2D eigenvalue weighted by Crippen LogP contribution is 2.12. The smallest absolute Gasteiger partial charge is 0.00979 e. The Morgan fingerprint density at radius 1 is 1.30 bits per heavy atom. The third-order valence-corrected chi connectivity index (χ3v) is 2.41. The van der Waals surface area contributed by atoms with Gasteiger partial charge in [0.15, 0.2) is 0 Å². The third kappa shape index (κ3) is 6.89. The predicted octanol–water partition coefficient (Wildman–Crippen LogP) is 2.99. The van der Waals surface area contributed by atoms with Crippen LogP contribution in [0.3, 0.4) is 0 Å². The van der Waals surface area contributed by atoms with E-state index in [0.717, 1.165) is 11.7 Å². The number of thiol groups is 1. The summed E-state index contributed by atoms with van der Waals surface area (Å²) in [7, 11) is 2.79. The highest BCUT2D eigenvalue weighted by Gasteiger charge is 1.98. The zero-order chi connectivity index (χ0) is 7.82. The Kier molecular flexibility index (Phi) is 8.50. The monoisotopic (exact) mass is 178 g/mol. The van der Waals surface area contributed by atoms with Crippen LogP contribution in [0.15, 0.2) is 0 Å². The van der Waals surface area contributed by atoms with Crippen molar-refractivity contribution in [1.29, 1.82) is 0 Å². The van der Waals surface area contributed by atoms with Gasteiger partial charge in [-0.1, -0.05) is 19.8 Å². The lowest BCUT2D eigenvalue weighted by Gasteiger charge is -2.07. The van der Waals surface area contributed by atoms with Crippen molar-refractivity contribution in [3.05, 3.63) is 0 Å². The minimum Gasteiger partial charge on any atom is -0.179 e. The van der Waals surface area contributed by atoms with Gasteiger partial charge in [0.25, 0.3) is 0 Å². The molecule has 0 aliphatic heterocycles. The lowest BCUT2D eigenvalue weighted by Crippen LogP contribution is -1.95.